The van der Waals surface area contributed by atoms with Gasteiger partial charge in [0.1, 0.15) is 0 Å². The molecule has 1 atom stereocenters. The fourth-order valence-electron chi connectivity index (χ4n) is 3.27. The highest BCUT2D eigenvalue weighted by molar-refractivity contribution is 5.34. The van der Waals surface area contributed by atoms with Crippen LogP contribution in [0.4, 0.5) is 0 Å². The Morgan fingerprint density at radius 1 is 1.26 bits per heavy atom. The molecule has 19 heavy (non-hydrogen) atoms. The second-order valence-corrected chi connectivity index (χ2v) is 6.29. The Kier molecular flexibility index (Phi) is 4.32. The molecule has 1 unspecified atom stereocenters. The van der Waals surface area contributed by atoms with Crippen molar-refractivity contribution in [3.8, 4) is 0 Å². The molecule has 1 fully saturated rings. The predicted molar refractivity (Wildman–Crippen MR) is 80.2 cm³/mol. The zero-order valence-corrected chi connectivity index (χ0v) is 12.7. The third kappa shape index (κ3) is 2.85. The number of hydrogen-bond acceptors (Lipinski definition) is 2. The van der Waals surface area contributed by atoms with Crippen LogP contribution >= 0.6 is 0 Å². The zero-order valence-electron chi connectivity index (χ0n) is 12.7. The first-order valence-electron chi connectivity index (χ1n) is 7.36. The summed E-state index contributed by atoms with van der Waals surface area (Å²) in [5.41, 5.74) is 10.2. The third-order valence-electron chi connectivity index (χ3n) is 4.86. The van der Waals surface area contributed by atoms with Gasteiger partial charge in [-0.15, -0.1) is 0 Å². The van der Waals surface area contributed by atoms with Crippen LogP contribution in [0.2, 0.25) is 0 Å². The van der Waals surface area contributed by atoms with Gasteiger partial charge in [-0.25, -0.2) is 0 Å². The molecule has 0 radical (unpaired) electrons. The maximum Gasteiger partial charge on any atom is 0.0870 e. The number of benzene rings is 1. The van der Waals surface area contributed by atoms with E-state index in [9.17, 15) is 0 Å². The lowest BCUT2D eigenvalue weighted by molar-refractivity contribution is -0.0673. The molecular formula is C17H27NO. The second kappa shape index (κ2) is 5.64. The number of methoxy groups -OCH3 is 1. The highest BCUT2D eigenvalue weighted by Gasteiger charge is 2.40. The van der Waals surface area contributed by atoms with E-state index in [2.05, 4.69) is 39.0 Å². The lowest BCUT2D eigenvalue weighted by atomic mass is 9.73. The van der Waals surface area contributed by atoms with Crippen molar-refractivity contribution in [1.29, 1.82) is 0 Å². The summed E-state index contributed by atoms with van der Waals surface area (Å²) in [6.45, 7) is 6.59. The van der Waals surface area contributed by atoms with E-state index < -0.39 is 0 Å². The van der Waals surface area contributed by atoms with Crippen LogP contribution in [0.25, 0.3) is 0 Å². The Labute approximate surface area is 117 Å². The molecular weight excluding hydrogens is 234 g/mol. The van der Waals surface area contributed by atoms with Crippen LogP contribution in [0.1, 0.15) is 55.3 Å². The van der Waals surface area contributed by atoms with Gasteiger partial charge in [-0.05, 0) is 56.6 Å². The summed E-state index contributed by atoms with van der Waals surface area (Å²) in [7, 11) is 1.82. The first-order chi connectivity index (χ1) is 8.98. The van der Waals surface area contributed by atoms with Gasteiger partial charge in [-0.3, -0.25) is 0 Å². The van der Waals surface area contributed by atoms with Crippen molar-refractivity contribution in [2.45, 2.75) is 58.1 Å². The zero-order chi connectivity index (χ0) is 14.0. The van der Waals surface area contributed by atoms with Gasteiger partial charge in [0, 0.05) is 7.11 Å². The van der Waals surface area contributed by atoms with Gasteiger partial charge in [0.15, 0.2) is 0 Å². The monoisotopic (exact) mass is 261 g/mol. The van der Waals surface area contributed by atoms with Crippen LogP contribution in [0.15, 0.2) is 18.2 Å². The minimum Gasteiger partial charge on any atom is -0.376 e. The van der Waals surface area contributed by atoms with E-state index in [4.69, 9.17) is 10.5 Å². The second-order valence-electron chi connectivity index (χ2n) is 6.29. The summed E-state index contributed by atoms with van der Waals surface area (Å²) >= 11 is 0. The minimum absolute atomic E-state index is 0.0232. The molecule has 1 aromatic rings. The van der Waals surface area contributed by atoms with E-state index in [0.29, 0.717) is 0 Å². The van der Waals surface area contributed by atoms with Crippen LogP contribution in [-0.2, 0) is 4.74 Å². The summed E-state index contributed by atoms with van der Waals surface area (Å²) in [5.74, 6) is 0.800. The first-order valence-corrected chi connectivity index (χ1v) is 7.36. The summed E-state index contributed by atoms with van der Waals surface area (Å²) in [6, 6.07) is 6.51. The molecule has 2 heteroatoms. The number of rotatable bonds is 3. The molecule has 1 saturated carbocycles. The Hall–Kier alpha value is -0.860. The summed E-state index contributed by atoms with van der Waals surface area (Å²) in [6.07, 6.45) is 4.57. The maximum atomic E-state index is 6.61. The van der Waals surface area contributed by atoms with Crippen LogP contribution in [0.5, 0.6) is 0 Å². The third-order valence-corrected chi connectivity index (χ3v) is 4.86. The highest BCUT2D eigenvalue weighted by atomic mass is 16.5. The van der Waals surface area contributed by atoms with E-state index in [-0.39, 0.29) is 11.6 Å². The summed E-state index contributed by atoms with van der Waals surface area (Å²) < 4.78 is 5.91. The molecule has 0 saturated heterocycles. The van der Waals surface area contributed by atoms with Crippen molar-refractivity contribution in [2.75, 3.05) is 7.11 Å². The van der Waals surface area contributed by atoms with Crippen molar-refractivity contribution >= 4 is 0 Å². The average Bonchev–Trinajstić information content (AvgIpc) is 2.42. The Balaban J connectivity index is 2.30. The molecule has 0 spiro atoms. The Morgan fingerprint density at radius 2 is 1.89 bits per heavy atom. The molecule has 106 valence electrons. The molecule has 1 aromatic carbocycles. The van der Waals surface area contributed by atoms with Crippen LogP contribution in [-0.4, -0.2) is 12.7 Å². The predicted octanol–water partition coefficient (Wildman–Crippen LogP) is 3.90. The van der Waals surface area contributed by atoms with Gasteiger partial charge in [0.2, 0.25) is 0 Å². The van der Waals surface area contributed by atoms with Crippen LogP contribution in [0.3, 0.4) is 0 Å². The van der Waals surface area contributed by atoms with Crippen molar-refractivity contribution < 1.29 is 4.74 Å². The average molecular weight is 261 g/mol. The van der Waals surface area contributed by atoms with Gasteiger partial charge in [-0.2, -0.15) is 0 Å². The fraction of sp³-hybridized carbons (Fsp3) is 0.647. The maximum absolute atomic E-state index is 6.61. The van der Waals surface area contributed by atoms with E-state index in [1.807, 2.05) is 7.11 Å². The topological polar surface area (TPSA) is 35.2 Å². The molecule has 0 bridgehead atoms. The molecule has 0 aliphatic heterocycles. The number of ether oxygens (including phenoxy) is 1. The number of aryl methyl sites for hydroxylation is 2. The molecule has 0 amide bonds. The molecule has 2 rings (SSSR count). The van der Waals surface area contributed by atoms with Gasteiger partial charge in [0.05, 0.1) is 11.6 Å². The number of hydrogen-bond donors (Lipinski definition) is 1. The van der Waals surface area contributed by atoms with E-state index in [1.54, 1.807) is 0 Å². The molecule has 1 aliphatic rings. The molecule has 0 aromatic heterocycles. The smallest absolute Gasteiger partial charge is 0.0870 e. The standard InChI is InChI=1S/C17H27NO/c1-12-7-9-17(19-4,10-8-12)16(18)15-11-13(2)5-6-14(15)3/h5-6,11-12,16H,7-10,18H2,1-4H3. The molecule has 2 N–H and O–H groups in total. The van der Waals surface area contributed by atoms with Crippen molar-refractivity contribution in [3.63, 3.8) is 0 Å². The van der Waals surface area contributed by atoms with Gasteiger partial charge in [-0.1, -0.05) is 30.7 Å². The van der Waals surface area contributed by atoms with Crippen molar-refractivity contribution in [3.05, 3.63) is 34.9 Å². The summed E-state index contributed by atoms with van der Waals surface area (Å²) in [5, 5.41) is 0. The van der Waals surface area contributed by atoms with Crippen molar-refractivity contribution in [1.82, 2.24) is 0 Å². The van der Waals surface area contributed by atoms with Crippen molar-refractivity contribution in [2.24, 2.45) is 11.7 Å². The summed E-state index contributed by atoms with van der Waals surface area (Å²) in [4.78, 5) is 0. The molecule has 2 nitrogen and oxygen atoms in total. The Morgan fingerprint density at radius 3 is 2.47 bits per heavy atom. The van der Waals surface area contributed by atoms with E-state index in [1.165, 1.54) is 29.5 Å². The van der Waals surface area contributed by atoms with Gasteiger partial charge >= 0.3 is 0 Å². The highest BCUT2D eigenvalue weighted by Crippen LogP contribution is 2.42. The van der Waals surface area contributed by atoms with Crippen LogP contribution < -0.4 is 5.73 Å². The van der Waals surface area contributed by atoms with Crippen LogP contribution in [0, 0.1) is 19.8 Å². The quantitative estimate of drug-likeness (QED) is 0.895. The van der Waals surface area contributed by atoms with Gasteiger partial charge < -0.3 is 10.5 Å². The Bertz CT molecular complexity index is 433. The fourth-order valence-corrected chi connectivity index (χ4v) is 3.27. The van der Waals surface area contributed by atoms with E-state index in [0.717, 1.165) is 18.8 Å². The lowest BCUT2D eigenvalue weighted by Gasteiger charge is -2.43. The molecule has 0 heterocycles. The lowest BCUT2D eigenvalue weighted by Crippen LogP contribution is -2.46. The SMILES string of the molecule is COC1(C(N)c2cc(C)ccc2C)CCC(C)CC1. The van der Waals surface area contributed by atoms with E-state index >= 15 is 0 Å². The normalized spacial score (nSPS) is 29.2. The largest absolute Gasteiger partial charge is 0.376 e. The first kappa shape index (κ1) is 14.5. The van der Waals surface area contributed by atoms with Gasteiger partial charge in [0.25, 0.3) is 0 Å². The molecule has 1 aliphatic carbocycles. The number of nitrogens with two attached hydrogens (primary N) is 1. The minimum atomic E-state index is -0.176.